The molecule has 4 aromatic rings. The average Bonchev–Trinajstić information content (AvgIpc) is 3.26. The molecule has 0 bridgehead atoms. The third kappa shape index (κ3) is 6.05. The first-order valence-corrected chi connectivity index (χ1v) is 14.6. The van der Waals surface area contributed by atoms with Crippen LogP contribution in [0, 0.1) is 17.0 Å². The monoisotopic (exact) mass is 619 g/mol. The number of nitrogens with one attached hydrogen (secondary N) is 1. The van der Waals surface area contributed by atoms with Gasteiger partial charge in [0.1, 0.15) is 5.75 Å². The van der Waals surface area contributed by atoms with Crippen molar-refractivity contribution in [1.29, 1.82) is 0 Å². The molecule has 5 rings (SSSR count). The number of carbonyl (C=O) groups is 1. The van der Waals surface area contributed by atoms with E-state index in [0.717, 1.165) is 23.1 Å². The lowest BCUT2D eigenvalue weighted by Gasteiger charge is -2.25. The van der Waals surface area contributed by atoms with E-state index in [1.165, 1.54) is 35.9 Å². The Hall–Kier alpha value is -4.82. The quantitative estimate of drug-likeness (QED) is 0.135. The van der Waals surface area contributed by atoms with Gasteiger partial charge < -0.3 is 14.5 Å². The van der Waals surface area contributed by atoms with Gasteiger partial charge in [-0.2, -0.15) is 0 Å². The van der Waals surface area contributed by atoms with Gasteiger partial charge in [0, 0.05) is 28.8 Å². The summed E-state index contributed by atoms with van der Waals surface area (Å²) >= 11 is 2.19. The second-order valence-corrected chi connectivity index (χ2v) is 11.4. The summed E-state index contributed by atoms with van der Waals surface area (Å²) in [7, 11) is 1.52. The zero-order valence-electron chi connectivity index (χ0n) is 23.4. The molecule has 1 aliphatic heterocycles. The number of fused-ring (bicyclic) bond motifs is 1. The molecule has 0 amide bonds. The molecule has 14 heteroatoms. The summed E-state index contributed by atoms with van der Waals surface area (Å²) in [5.41, 5.74) is 1.15. The number of ether oxygens (including phenoxy) is 2. The number of nitro groups is 1. The van der Waals surface area contributed by atoms with E-state index in [0.29, 0.717) is 43.1 Å². The van der Waals surface area contributed by atoms with Crippen molar-refractivity contribution in [3.05, 3.63) is 117 Å². The first-order valence-electron chi connectivity index (χ1n) is 13.0. The number of carbonyl (C=O) groups excluding carboxylic acids is 1. The summed E-state index contributed by atoms with van der Waals surface area (Å²) in [6.45, 7) is 5.20. The third-order valence-electron chi connectivity index (χ3n) is 6.47. The Bertz CT molecular complexity index is 2040. The van der Waals surface area contributed by atoms with Crippen LogP contribution in [0.3, 0.4) is 0 Å². The zero-order chi connectivity index (χ0) is 30.8. The van der Waals surface area contributed by atoms with E-state index in [2.05, 4.69) is 15.0 Å². The molecule has 0 saturated heterocycles. The van der Waals surface area contributed by atoms with E-state index < -0.39 is 22.5 Å². The molecule has 1 N–H and O–H groups in total. The number of benzene rings is 2. The normalized spacial score (nSPS) is 14.7. The minimum Gasteiger partial charge on any atom is -0.497 e. The van der Waals surface area contributed by atoms with Crippen molar-refractivity contribution in [2.45, 2.75) is 36.9 Å². The molecule has 0 unspecified atom stereocenters. The Morgan fingerprint density at radius 3 is 2.70 bits per heavy atom. The fourth-order valence-electron chi connectivity index (χ4n) is 4.62. The number of aromatic amines is 1. The van der Waals surface area contributed by atoms with Crippen LogP contribution in [-0.4, -0.2) is 39.1 Å². The molecule has 43 heavy (non-hydrogen) atoms. The number of aromatic nitrogens is 3. The number of hydrogen-bond acceptors (Lipinski definition) is 11. The maximum Gasteiger partial charge on any atom is 0.338 e. The Morgan fingerprint density at radius 1 is 1.21 bits per heavy atom. The second kappa shape index (κ2) is 12.2. The molecule has 3 heterocycles. The van der Waals surface area contributed by atoms with Crippen LogP contribution in [0.5, 0.6) is 5.75 Å². The number of nitro benzene ring substituents is 1. The van der Waals surface area contributed by atoms with Crippen LogP contribution < -0.4 is 25.2 Å². The van der Waals surface area contributed by atoms with Crippen molar-refractivity contribution in [2.24, 2.45) is 4.99 Å². The predicted octanol–water partition coefficient (Wildman–Crippen LogP) is 3.26. The SMILES string of the molecule is CCOC(=O)C1=C(C)N=c2s/c(=C/c3cc([N+](=O)[O-])ccc3Sc3nc(C)cc(=O)[nH]3)c(=O)n2[C@H]1c1cccc(OC)c1. The molecule has 1 atom stereocenters. The average molecular weight is 620 g/mol. The van der Waals surface area contributed by atoms with Gasteiger partial charge in [0.15, 0.2) is 9.96 Å². The maximum absolute atomic E-state index is 14.0. The number of hydrogen-bond donors (Lipinski definition) is 1. The molecular weight excluding hydrogens is 594 g/mol. The summed E-state index contributed by atoms with van der Waals surface area (Å²) in [4.78, 5) is 62.7. The summed E-state index contributed by atoms with van der Waals surface area (Å²) in [6.07, 6.45) is 1.54. The van der Waals surface area contributed by atoms with Gasteiger partial charge in [-0.1, -0.05) is 35.2 Å². The number of aryl methyl sites for hydroxylation is 1. The van der Waals surface area contributed by atoms with E-state index in [1.807, 2.05) is 0 Å². The van der Waals surface area contributed by atoms with Crippen molar-refractivity contribution < 1.29 is 19.2 Å². The Morgan fingerprint density at radius 2 is 2.00 bits per heavy atom. The summed E-state index contributed by atoms with van der Waals surface area (Å²) in [5, 5.41) is 11.9. The molecule has 0 fully saturated rings. The minimum absolute atomic E-state index is 0.138. The molecular formula is C29H25N5O7S2. The highest BCUT2D eigenvalue weighted by Crippen LogP contribution is 2.33. The fraction of sp³-hybridized carbons (Fsp3) is 0.207. The van der Waals surface area contributed by atoms with Gasteiger partial charge in [-0.3, -0.25) is 24.3 Å². The van der Waals surface area contributed by atoms with Crippen LogP contribution in [0.15, 0.2) is 84.4 Å². The highest BCUT2D eigenvalue weighted by Gasteiger charge is 2.33. The van der Waals surface area contributed by atoms with Crippen molar-refractivity contribution in [1.82, 2.24) is 14.5 Å². The molecule has 12 nitrogen and oxygen atoms in total. The lowest BCUT2D eigenvalue weighted by molar-refractivity contribution is -0.384. The van der Waals surface area contributed by atoms with Gasteiger partial charge >= 0.3 is 5.97 Å². The number of methoxy groups -OCH3 is 1. The number of esters is 1. The highest BCUT2D eigenvalue weighted by atomic mass is 32.2. The largest absolute Gasteiger partial charge is 0.497 e. The first-order chi connectivity index (χ1) is 20.6. The van der Waals surface area contributed by atoms with Crippen LogP contribution in [-0.2, 0) is 9.53 Å². The van der Waals surface area contributed by atoms with Crippen LogP contribution in [0.25, 0.3) is 6.08 Å². The topological polar surface area (TPSA) is 159 Å². The summed E-state index contributed by atoms with van der Waals surface area (Å²) in [6, 6.07) is 11.8. The van der Waals surface area contributed by atoms with Crippen LogP contribution in [0.2, 0.25) is 0 Å². The Labute approximate surface area is 252 Å². The van der Waals surface area contributed by atoms with Gasteiger partial charge in [-0.15, -0.1) is 0 Å². The molecule has 2 aromatic heterocycles. The number of nitrogens with zero attached hydrogens (tertiary/aromatic N) is 4. The van der Waals surface area contributed by atoms with Crippen molar-refractivity contribution in [3.8, 4) is 5.75 Å². The molecule has 220 valence electrons. The van der Waals surface area contributed by atoms with Gasteiger partial charge in [-0.05, 0) is 56.2 Å². The number of non-ortho nitro benzene ring substituents is 1. The summed E-state index contributed by atoms with van der Waals surface area (Å²) in [5.74, 6) is -0.0542. The third-order valence-corrected chi connectivity index (χ3v) is 8.43. The first kappa shape index (κ1) is 29.7. The second-order valence-electron chi connectivity index (χ2n) is 9.35. The smallest absolute Gasteiger partial charge is 0.338 e. The predicted molar refractivity (Wildman–Crippen MR) is 160 cm³/mol. The number of thiazole rings is 1. The lowest BCUT2D eigenvalue weighted by Crippen LogP contribution is -2.39. The van der Waals surface area contributed by atoms with Crippen molar-refractivity contribution in [2.75, 3.05) is 13.7 Å². The van der Waals surface area contributed by atoms with Crippen LogP contribution in [0.1, 0.15) is 36.7 Å². The number of allylic oxidation sites excluding steroid dienone is 1. The molecule has 0 aliphatic carbocycles. The van der Waals surface area contributed by atoms with Gasteiger partial charge in [-0.25, -0.2) is 14.8 Å². The Kier molecular flexibility index (Phi) is 8.41. The summed E-state index contributed by atoms with van der Waals surface area (Å²) < 4.78 is 12.4. The molecule has 1 aliphatic rings. The van der Waals surface area contributed by atoms with E-state index in [4.69, 9.17) is 9.47 Å². The molecule has 2 aromatic carbocycles. The molecule has 0 radical (unpaired) electrons. The van der Waals surface area contributed by atoms with Gasteiger partial charge in [0.25, 0.3) is 16.8 Å². The lowest BCUT2D eigenvalue weighted by atomic mass is 9.95. The maximum atomic E-state index is 14.0. The fourth-order valence-corrected chi connectivity index (χ4v) is 6.58. The number of rotatable bonds is 8. The van der Waals surface area contributed by atoms with Crippen molar-refractivity contribution in [3.63, 3.8) is 0 Å². The highest BCUT2D eigenvalue weighted by molar-refractivity contribution is 7.99. The van der Waals surface area contributed by atoms with E-state index in [9.17, 15) is 24.5 Å². The van der Waals surface area contributed by atoms with Crippen LogP contribution >= 0.6 is 23.1 Å². The number of H-pyrrole nitrogens is 1. The van der Waals surface area contributed by atoms with Gasteiger partial charge in [0.05, 0.1) is 40.5 Å². The standard InChI is InChI=1S/C29H25N5O7S2/c1-5-41-27(37)24-16(3)31-29-33(25(24)17-7-6-8-20(13-17)40-4)26(36)22(43-29)14-18-12-19(34(38)39)9-10-21(18)42-28-30-15(2)11-23(35)32-28/h6-14,25H,5H2,1-4H3,(H,30,32,35)/b22-14+/t25-/m0/s1. The minimum atomic E-state index is -0.854. The van der Waals surface area contributed by atoms with E-state index in [1.54, 1.807) is 51.1 Å². The van der Waals surface area contributed by atoms with E-state index in [-0.39, 0.29) is 28.0 Å². The van der Waals surface area contributed by atoms with E-state index >= 15 is 0 Å². The molecule has 0 saturated carbocycles. The molecule has 0 spiro atoms. The zero-order valence-corrected chi connectivity index (χ0v) is 25.1. The Balaban J connectivity index is 1.72. The van der Waals surface area contributed by atoms with Gasteiger partial charge in [0.2, 0.25) is 0 Å². The van der Waals surface area contributed by atoms with Crippen molar-refractivity contribution >= 4 is 40.8 Å². The van der Waals surface area contributed by atoms with Crippen LogP contribution in [0.4, 0.5) is 5.69 Å².